The first kappa shape index (κ1) is 12.9. The SMILES string of the molecule is CC(Nc1ccc(C(=O)O)c(Cl)c1)c1cccs1. The first-order chi connectivity index (χ1) is 8.58. The molecule has 2 rings (SSSR count). The van der Waals surface area contributed by atoms with Crippen LogP contribution in [0.3, 0.4) is 0 Å². The monoisotopic (exact) mass is 281 g/mol. The molecule has 2 aromatic rings. The molecule has 3 nitrogen and oxygen atoms in total. The number of carboxylic acid groups (broad SMARTS) is 1. The molecule has 1 aromatic carbocycles. The fourth-order valence-corrected chi connectivity index (χ4v) is 2.63. The van der Waals surface area contributed by atoms with E-state index in [1.54, 1.807) is 23.5 Å². The van der Waals surface area contributed by atoms with Gasteiger partial charge in [-0.05, 0) is 36.6 Å². The second-order valence-corrected chi connectivity index (χ2v) is 5.27. The normalized spacial score (nSPS) is 12.1. The summed E-state index contributed by atoms with van der Waals surface area (Å²) in [6.07, 6.45) is 0. The summed E-state index contributed by atoms with van der Waals surface area (Å²) in [5.41, 5.74) is 0.928. The number of benzene rings is 1. The highest BCUT2D eigenvalue weighted by atomic mass is 35.5. The fourth-order valence-electron chi connectivity index (χ4n) is 1.64. The largest absolute Gasteiger partial charge is 0.478 e. The number of thiophene rings is 1. The van der Waals surface area contributed by atoms with E-state index >= 15 is 0 Å². The van der Waals surface area contributed by atoms with Crippen LogP contribution >= 0.6 is 22.9 Å². The minimum atomic E-state index is -1.02. The molecule has 1 atom stereocenters. The predicted molar refractivity (Wildman–Crippen MR) is 74.8 cm³/mol. The molecule has 0 amide bonds. The lowest BCUT2D eigenvalue weighted by atomic mass is 10.2. The van der Waals surface area contributed by atoms with Gasteiger partial charge in [-0.2, -0.15) is 0 Å². The average molecular weight is 282 g/mol. The summed E-state index contributed by atoms with van der Waals surface area (Å²) in [6.45, 7) is 2.05. The van der Waals surface area contributed by atoms with Crippen LogP contribution < -0.4 is 5.32 Å². The Morgan fingerprint density at radius 1 is 1.44 bits per heavy atom. The Bertz CT molecular complexity index is 554. The number of carbonyl (C=O) groups is 1. The van der Waals surface area contributed by atoms with Gasteiger partial charge in [0.1, 0.15) is 0 Å². The van der Waals surface area contributed by atoms with E-state index in [1.807, 2.05) is 18.4 Å². The van der Waals surface area contributed by atoms with E-state index in [9.17, 15) is 4.79 Å². The van der Waals surface area contributed by atoms with E-state index in [0.29, 0.717) is 0 Å². The van der Waals surface area contributed by atoms with Crippen LogP contribution in [0.5, 0.6) is 0 Å². The lowest BCUT2D eigenvalue weighted by molar-refractivity contribution is 0.0697. The Kier molecular flexibility index (Phi) is 3.89. The van der Waals surface area contributed by atoms with Crippen molar-refractivity contribution in [2.24, 2.45) is 0 Å². The van der Waals surface area contributed by atoms with Gasteiger partial charge in [0.05, 0.1) is 16.6 Å². The van der Waals surface area contributed by atoms with Gasteiger partial charge in [-0.15, -0.1) is 11.3 Å². The summed E-state index contributed by atoms with van der Waals surface area (Å²) in [4.78, 5) is 12.1. The van der Waals surface area contributed by atoms with E-state index in [-0.39, 0.29) is 16.6 Å². The van der Waals surface area contributed by atoms with Gasteiger partial charge in [0.25, 0.3) is 0 Å². The van der Waals surface area contributed by atoms with Crippen molar-refractivity contribution in [2.75, 3.05) is 5.32 Å². The van der Waals surface area contributed by atoms with E-state index < -0.39 is 5.97 Å². The summed E-state index contributed by atoms with van der Waals surface area (Å²) >= 11 is 7.59. The van der Waals surface area contributed by atoms with Crippen LogP contribution in [-0.4, -0.2) is 11.1 Å². The molecule has 0 bridgehead atoms. The molecule has 0 saturated carbocycles. The lowest BCUT2D eigenvalue weighted by Crippen LogP contribution is -2.05. The second-order valence-electron chi connectivity index (χ2n) is 3.88. The van der Waals surface area contributed by atoms with Crippen molar-refractivity contribution in [3.8, 4) is 0 Å². The molecule has 1 unspecified atom stereocenters. The second kappa shape index (κ2) is 5.42. The molecule has 0 aliphatic heterocycles. The third kappa shape index (κ3) is 2.83. The number of hydrogen-bond donors (Lipinski definition) is 2. The van der Waals surface area contributed by atoms with Crippen LogP contribution in [0.1, 0.15) is 28.2 Å². The van der Waals surface area contributed by atoms with Crippen LogP contribution in [0.25, 0.3) is 0 Å². The highest BCUT2D eigenvalue weighted by Gasteiger charge is 2.11. The van der Waals surface area contributed by atoms with Crippen LogP contribution in [0.15, 0.2) is 35.7 Å². The highest BCUT2D eigenvalue weighted by molar-refractivity contribution is 7.10. The topological polar surface area (TPSA) is 49.3 Å². The molecule has 2 N–H and O–H groups in total. The molecular weight excluding hydrogens is 270 g/mol. The standard InChI is InChI=1S/C13H12ClNO2S/c1-8(12-3-2-6-18-12)15-9-4-5-10(13(16)17)11(14)7-9/h2-8,15H,1H3,(H,16,17). The first-order valence-electron chi connectivity index (χ1n) is 5.40. The van der Waals surface area contributed by atoms with Gasteiger partial charge >= 0.3 is 5.97 Å². The Hall–Kier alpha value is -1.52. The Morgan fingerprint density at radius 2 is 2.22 bits per heavy atom. The molecule has 0 aliphatic rings. The number of hydrogen-bond acceptors (Lipinski definition) is 3. The number of nitrogens with one attached hydrogen (secondary N) is 1. The number of halogens is 1. The van der Waals surface area contributed by atoms with Gasteiger partial charge in [-0.1, -0.05) is 17.7 Å². The van der Waals surface area contributed by atoms with E-state index in [4.69, 9.17) is 16.7 Å². The third-order valence-corrected chi connectivity index (χ3v) is 3.92. The molecule has 5 heteroatoms. The van der Waals surface area contributed by atoms with Crippen LogP contribution in [0, 0.1) is 0 Å². The number of carboxylic acids is 1. The van der Waals surface area contributed by atoms with Crippen molar-refractivity contribution in [1.82, 2.24) is 0 Å². The highest BCUT2D eigenvalue weighted by Crippen LogP contribution is 2.26. The zero-order valence-electron chi connectivity index (χ0n) is 9.68. The number of anilines is 1. The first-order valence-corrected chi connectivity index (χ1v) is 6.66. The van der Waals surface area contributed by atoms with Gasteiger partial charge in [0.15, 0.2) is 0 Å². The fraction of sp³-hybridized carbons (Fsp3) is 0.154. The summed E-state index contributed by atoms with van der Waals surface area (Å²) in [6, 6.07) is 9.08. The van der Waals surface area contributed by atoms with E-state index in [1.165, 1.54) is 10.9 Å². The van der Waals surface area contributed by atoms with Crippen molar-refractivity contribution in [2.45, 2.75) is 13.0 Å². The lowest BCUT2D eigenvalue weighted by Gasteiger charge is -2.14. The number of rotatable bonds is 4. The molecule has 0 spiro atoms. The van der Waals surface area contributed by atoms with Gasteiger partial charge < -0.3 is 10.4 Å². The van der Waals surface area contributed by atoms with Crippen LogP contribution in [0.4, 0.5) is 5.69 Å². The minimum absolute atomic E-state index is 0.117. The van der Waals surface area contributed by atoms with E-state index in [2.05, 4.69) is 11.4 Å². The maximum absolute atomic E-state index is 10.8. The minimum Gasteiger partial charge on any atom is -0.478 e. The zero-order chi connectivity index (χ0) is 13.1. The van der Waals surface area contributed by atoms with Gasteiger partial charge in [0, 0.05) is 10.6 Å². The Labute approximate surface area is 114 Å². The Balaban J connectivity index is 2.15. The van der Waals surface area contributed by atoms with Crippen molar-refractivity contribution in [3.05, 3.63) is 51.2 Å². The predicted octanol–water partition coefficient (Wildman–Crippen LogP) is 4.27. The molecule has 1 heterocycles. The summed E-state index contributed by atoms with van der Waals surface area (Å²) in [5, 5.41) is 14.4. The molecular formula is C13H12ClNO2S. The number of aromatic carboxylic acids is 1. The smallest absolute Gasteiger partial charge is 0.337 e. The summed E-state index contributed by atoms with van der Waals surface area (Å²) < 4.78 is 0. The quantitative estimate of drug-likeness (QED) is 0.880. The summed E-state index contributed by atoms with van der Waals surface area (Å²) in [5.74, 6) is -1.02. The maximum Gasteiger partial charge on any atom is 0.337 e. The van der Waals surface area contributed by atoms with Crippen LogP contribution in [0.2, 0.25) is 5.02 Å². The van der Waals surface area contributed by atoms with Gasteiger partial charge in [-0.25, -0.2) is 4.79 Å². The van der Waals surface area contributed by atoms with Crippen molar-refractivity contribution < 1.29 is 9.90 Å². The molecule has 1 aromatic heterocycles. The molecule has 0 radical (unpaired) electrons. The van der Waals surface area contributed by atoms with Crippen molar-refractivity contribution in [3.63, 3.8) is 0 Å². The zero-order valence-corrected chi connectivity index (χ0v) is 11.3. The van der Waals surface area contributed by atoms with E-state index in [0.717, 1.165) is 5.69 Å². The maximum atomic E-state index is 10.8. The molecule has 0 saturated heterocycles. The van der Waals surface area contributed by atoms with Gasteiger partial charge in [-0.3, -0.25) is 0 Å². The van der Waals surface area contributed by atoms with Gasteiger partial charge in [0.2, 0.25) is 0 Å². The average Bonchev–Trinajstić information content (AvgIpc) is 2.81. The third-order valence-electron chi connectivity index (χ3n) is 2.55. The summed E-state index contributed by atoms with van der Waals surface area (Å²) in [7, 11) is 0. The van der Waals surface area contributed by atoms with Crippen LogP contribution in [-0.2, 0) is 0 Å². The molecule has 0 aliphatic carbocycles. The van der Waals surface area contributed by atoms with Crippen molar-refractivity contribution >= 4 is 34.6 Å². The molecule has 18 heavy (non-hydrogen) atoms. The Morgan fingerprint density at radius 3 is 2.78 bits per heavy atom. The molecule has 0 fully saturated rings. The molecule has 94 valence electrons. The van der Waals surface area contributed by atoms with Crippen molar-refractivity contribution in [1.29, 1.82) is 0 Å².